The molecule has 0 fully saturated rings. The summed E-state index contributed by atoms with van der Waals surface area (Å²) >= 11 is 0. The molecule has 128 valence electrons. The molecule has 3 rings (SSSR count). The summed E-state index contributed by atoms with van der Waals surface area (Å²) < 4.78 is 5.11. The van der Waals surface area contributed by atoms with Gasteiger partial charge in [0.25, 0.3) is 5.56 Å². The van der Waals surface area contributed by atoms with Crippen molar-refractivity contribution >= 4 is 5.91 Å². The van der Waals surface area contributed by atoms with Crippen molar-refractivity contribution in [3.8, 4) is 11.4 Å². The van der Waals surface area contributed by atoms with E-state index in [1.54, 1.807) is 12.1 Å². The second kappa shape index (κ2) is 7.57. The smallest absolute Gasteiger partial charge is 0.259 e. The van der Waals surface area contributed by atoms with E-state index >= 15 is 0 Å². The van der Waals surface area contributed by atoms with Crippen LogP contribution in [0, 0.1) is 0 Å². The van der Waals surface area contributed by atoms with Crippen molar-refractivity contribution in [1.29, 1.82) is 0 Å². The molecule has 0 bridgehead atoms. The summed E-state index contributed by atoms with van der Waals surface area (Å²) in [4.78, 5) is 30.9. The second-order valence-electron chi connectivity index (χ2n) is 5.51. The first-order chi connectivity index (χ1) is 12.2. The molecule has 0 saturated carbocycles. The molecule has 7 nitrogen and oxygen atoms in total. The molecular weight excluding hydrogens is 320 g/mol. The Balaban J connectivity index is 1.67. The van der Waals surface area contributed by atoms with Gasteiger partial charge in [-0.1, -0.05) is 42.4 Å². The van der Waals surface area contributed by atoms with E-state index in [1.807, 2.05) is 37.3 Å². The zero-order chi connectivity index (χ0) is 17.6. The van der Waals surface area contributed by atoms with Gasteiger partial charge in [-0.3, -0.25) is 9.59 Å². The minimum atomic E-state index is -0.297. The number of benzene rings is 1. The minimum Gasteiger partial charge on any atom is -0.346 e. The molecule has 25 heavy (non-hydrogen) atoms. The lowest BCUT2D eigenvalue weighted by Crippen LogP contribution is -2.28. The van der Waals surface area contributed by atoms with Gasteiger partial charge in [0.05, 0.1) is 18.0 Å². The van der Waals surface area contributed by atoms with Crippen molar-refractivity contribution in [3.63, 3.8) is 0 Å². The van der Waals surface area contributed by atoms with Crippen LogP contribution in [0.25, 0.3) is 11.4 Å². The number of aromatic nitrogens is 3. The molecule has 0 spiro atoms. The Hall–Kier alpha value is -3.22. The van der Waals surface area contributed by atoms with E-state index in [9.17, 15) is 9.59 Å². The van der Waals surface area contributed by atoms with Crippen molar-refractivity contribution in [1.82, 2.24) is 20.4 Å². The zero-order valence-corrected chi connectivity index (χ0v) is 13.7. The molecule has 0 aliphatic carbocycles. The second-order valence-corrected chi connectivity index (χ2v) is 5.51. The van der Waals surface area contributed by atoms with Crippen LogP contribution in [0.15, 0.2) is 58.0 Å². The van der Waals surface area contributed by atoms with E-state index < -0.39 is 0 Å². The van der Waals surface area contributed by atoms with Crippen molar-refractivity contribution in [2.45, 2.75) is 25.8 Å². The molecule has 0 aliphatic rings. The highest BCUT2D eigenvalue weighted by Crippen LogP contribution is 2.19. The van der Waals surface area contributed by atoms with E-state index in [2.05, 4.69) is 20.4 Å². The normalized spacial score (nSPS) is 11.9. The molecule has 0 radical (unpaired) electrons. The summed E-state index contributed by atoms with van der Waals surface area (Å²) in [5.74, 6) is 0.0993. The predicted molar refractivity (Wildman–Crippen MR) is 91.7 cm³/mol. The van der Waals surface area contributed by atoms with Gasteiger partial charge in [-0.15, -0.1) is 0 Å². The van der Waals surface area contributed by atoms with Gasteiger partial charge < -0.3 is 14.8 Å². The number of rotatable bonds is 6. The highest BCUT2D eigenvalue weighted by atomic mass is 16.5. The summed E-state index contributed by atoms with van der Waals surface area (Å²) in [6.45, 7) is 2.07. The van der Waals surface area contributed by atoms with Crippen LogP contribution in [-0.2, 0) is 11.3 Å². The van der Waals surface area contributed by atoms with Crippen LogP contribution in [-0.4, -0.2) is 21.0 Å². The minimum absolute atomic E-state index is 0.106. The largest absolute Gasteiger partial charge is 0.346 e. The van der Waals surface area contributed by atoms with Crippen molar-refractivity contribution in [3.05, 3.63) is 70.5 Å². The molecule has 2 aromatic heterocycles. The van der Waals surface area contributed by atoms with Crippen molar-refractivity contribution in [2.24, 2.45) is 0 Å². The van der Waals surface area contributed by atoms with E-state index in [1.165, 1.54) is 6.20 Å². The van der Waals surface area contributed by atoms with Crippen LogP contribution >= 0.6 is 0 Å². The molecule has 1 aromatic carbocycles. The fraction of sp³-hybridized carbons (Fsp3) is 0.222. The van der Waals surface area contributed by atoms with E-state index in [4.69, 9.17) is 4.52 Å². The Bertz CT molecular complexity index is 902. The Labute approximate surface area is 144 Å². The number of H-pyrrole nitrogens is 1. The van der Waals surface area contributed by atoms with Gasteiger partial charge in [-0.2, -0.15) is 4.98 Å². The van der Waals surface area contributed by atoms with Gasteiger partial charge in [-0.25, -0.2) is 0 Å². The first kappa shape index (κ1) is 16.6. The summed E-state index contributed by atoms with van der Waals surface area (Å²) in [6.07, 6.45) is 2.21. The van der Waals surface area contributed by atoms with Crippen molar-refractivity contribution < 1.29 is 9.32 Å². The average molecular weight is 338 g/mol. The Morgan fingerprint density at radius 2 is 2.04 bits per heavy atom. The maximum atomic E-state index is 12.4. The lowest BCUT2D eigenvalue weighted by atomic mass is 9.96. The van der Waals surface area contributed by atoms with Gasteiger partial charge in [0, 0.05) is 6.20 Å². The number of hydrogen-bond acceptors (Lipinski definition) is 5. The molecule has 3 aromatic rings. The molecule has 0 saturated heterocycles. The first-order valence-electron chi connectivity index (χ1n) is 8.02. The van der Waals surface area contributed by atoms with Gasteiger partial charge in [0.2, 0.25) is 17.6 Å². The van der Waals surface area contributed by atoms with Crippen LogP contribution in [0.1, 0.15) is 30.7 Å². The Morgan fingerprint density at radius 1 is 1.24 bits per heavy atom. The van der Waals surface area contributed by atoms with Gasteiger partial charge >= 0.3 is 0 Å². The number of nitrogens with zero attached hydrogens (tertiary/aromatic N) is 2. The fourth-order valence-electron chi connectivity index (χ4n) is 2.58. The molecule has 1 unspecified atom stereocenters. The topological polar surface area (TPSA) is 101 Å². The quantitative estimate of drug-likeness (QED) is 0.718. The molecule has 2 N–H and O–H groups in total. The highest BCUT2D eigenvalue weighted by Gasteiger charge is 2.19. The van der Waals surface area contributed by atoms with Gasteiger partial charge in [0.15, 0.2) is 0 Å². The van der Waals surface area contributed by atoms with Crippen molar-refractivity contribution in [2.75, 3.05) is 0 Å². The summed E-state index contributed by atoms with van der Waals surface area (Å²) in [7, 11) is 0. The van der Waals surface area contributed by atoms with E-state index in [-0.39, 0.29) is 35.6 Å². The molecule has 1 atom stereocenters. The number of amides is 1. The average Bonchev–Trinajstić information content (AvgIpc) is 3.11. The number of carbonyl (C=O) groups is 1. The highest BCUT2D eigenvalue weighted by molar-refractivity contribution is 5.83. The third kappa shape index (κ3) is 3.82. The van der Waals surface area contributed by atoms with Gasteiger partial charge in [0.1, 0.15) is 0 Å². The summed E-state index contributed by atoms with van der Waals surface area (Å²) in [5, 5.41) is 6.60. The molecular formula is C18H18N4O3. The van der Waals surface area contributed by atoms with Crippen LogP contribution < -0.4 is 10.9 Å². The number of carbonyl (C=O) groups excluding carboxylic acids is 1. The van der Waals surface area contributed by atoms with Crippen LogP contribution in [0.2, 0.25) is 0 Å². The number of aromatic amines is 1. The SMILES string of the molecule is CCC(C(=O)NCc1nc(-c2ccc[nH]c2=O)no1)c1ccccc1. The van der Waals surface area contributed by atoms with Crippen LogP contribution in [0.5, 0.6) is 0 Å². The lowest BCUT2D eigenvalue weighted by Gasteiger charge is -2.14. The number of hydrogen-bond donors (Lipinski definition) is 2. The maximum Gasteiger partial charge on any atom is 0.259 e. The standard InChI is InChI=1S/C18H18N4O3/c1-2-13(12-7-4-3-5-8-12)17(23)20-11-15-21-16(22-25-15)14-9-6-10-19-18(14)24/h3-10,13H,2,11H2,1H3,(H,19,24)(H,20,23). The van der Waals surface area contributed by atoms with Crippen LogP contribution in [0.3, 0.4) is 0 Å². The fourth-order valence-corrected chi connectivity index (χ4v) is 2.58. The van der Waals surface area contributed by atoms with E-state index in [0.29, 0.717) is 12.0 Å². The Kier molecular flexibility index (Phi) is 5.03. The van der Waals surface area contributed by atoms with E-state index in [0.717, 1.165) is 5.56 Å². The first-order valence-corrected chi connectivity index (χ1v) is 8.02. The zero-order valence-electron chi connectivity index (χ0n) is 13.7. The summed E-state index contributed by atoms with van der Waals surface area (Å²) in [6, 6.07) is 12.9. The Morgan fingerprint density at radius 3 is 2.76 bits per heavy atom. The monoisotopic (exact) mass is 338 g/mol. The molecule has 2 heterocycles. The molecule has 0 aliphatic heterocycles. The van der Waals surface area contributed by atoms with Gasteiger partial charge in [-0.05, 0) is 24.1 Å². The predicted octanol–water partition coefficient (Wildman–Crippen LogP) is 2.23. The maximum absolute atomic E-state index is 12.4. The molecule has 7 heteroatoms. The third-order valence-corrected chi connectivity index (χ3v) is 3.87. The third-order valence-electron chi connectivity index (χ3n) is 3.87. The lowest BCUT2D eigenvalue weighted by molar-refractivity contribution is -0.122. The van der Waals surface area contributed by atoms with Crippen LogP contribution in [0.4, 0.5) is 0 Å². The molecule has 1 amide bonds. The number of pyridine rings is 1. The number of nitrogens with one attached hydrogen (secondary N) is 2. The summed E-state index contributed by atoms with van der Waals surface area (Å²) in [5.41, 5.74) is 0.984.